The molecule has 64 heavy (non-hydrogen) atoms. The Hall–Kier alpha value is 6.40. The van der Waals surface area contributed by atoms with Gasteiger partial charge in [-0.2, -0.15) is 43.9 Å². The van der Waals surface area contributed by atoms with Crippen molar-refractivity contribution in [2.75, 3.05) is 0 Å². The van der Waals surface area contributed by atoms with Crippen LogP contribution in [-0.4, -0.2) is 99.3 Å². The molecule has 0 aromatic rings. The van der Waals surface area contributed by atoms with E-state index in [2.05, 4.69) is 100 Å². The summed E-state index contributed by atoms with van der Waals surface area (Å²) in [5.41, 5.74) is 0. The summed E-state index contributed by atoms with van der Waals surface area (Å²) in [6.45, 7) is 0. The monoisotopic (exact) mass is 1480 g/mol. The quantitative estimate of drug-likeness (QED) is 0.144. The lowest BCUT2D eigenvalue weighted by Crippen LogP contribution is -2.41. The first-order valence-corrected chi connectivity index (χ1v) is 23.0. The van der Waals surface area contributed by atoms with Crippen LogP contribution in [0.15, 0.2) is 0 Å². The Morgan fingerprint density at radius 2 is 0.453 bits per heavy atom. The molecule has 44 heteroatoms. The molecular weight excluding hydrogens is 1490 g/mol. The fourth-order valence-electron chi connectivity index (χ4n) is 2.91. The molecular formula is C20Cl26F14O4. The average Bonchev–Trinajstić information content (AvgIpc) is 3.69. The first-order valence-electron chi connectivity index (χ1n) is 13.2. The van der Waals surface area contributed by atoms with Crippen molar-refractivity contribution in [3.63, 3.8) is 0 Å². The van der Waals surface area contributed by atoms with Gasteiger partial charge in [0.25, 0.3) is 21.2 Å². The predicted octanol–water partition coefficient (Wildman–Crippen LogP) is 19.4. The van der Waals surface area contributed by atoms with Crippen molar-refractivity contribution in [3.8, 4) is 0 Å². The van der Waals surface area contributed by atoms with E-state index in [0.717, 1.165) is 0 Å². The molecule has 0 saturated heterocycles. The lowest BCUT2D eigenvalue weighted by atomic mass is 10.6. The average molecular weight is 1490 g/mol. The van der Waals surface area contributed by atoms with Crippen LogP contribution in [-0.2, 0) is 18.9 Å². The molecule has 0 N–H and O–H groups in total. The van der Waals surface area contributed by atoms with Crippen molar-refractivity contribution in [3.05, 3.63) is 0 Å². The molecule has 4 nitrogen and oxygen atoms in total. The van der Waals surface area contributed by atoms with Crippen LogP contribution in [0.25, 0.3) is 0 Å². The minimum Gasteiger partial charge on any atom is -0.298 e. The van der Waals surface area contributed by atoms with E-state index in [4.69, 9.17) is 220 Å². The lowest BCUT2D eigenvalue weighted by Gasteiger charge is -2.26. The summed E-state index contributed by atoms with van der Waals surface area (Å²) in [4.78, 5) is 0. The van der Waals surface area contributed by atoms with E-state index in [1.165, 1.54) is 0 Å². The second kappa shape index (κ2) is 19.1. The van der Waals surface area contributed by atoms with E-state index in [1.54, 1.807) is 0 Å². The summed E-state index contributed by atoms with van der Waals surface area (Å²) in [5.74, 6) is -11.2. The zero-order valence-electron chi connectivity index (χ0n) is 26.8. The second-order valence-corrected chi connectivity index (χ2v) is 27.1. The summed E-state index contributed by atoms with van der Waals surface area (Å²) in [6, 6.07) is 0. The second-order valence-electron chi connectivity index (χ2n) is 11.4. The number of alkyl halides is 40. The van der Waals surface area contributed by atoms with Crippen LogP contribution >= 0.6 is 302 Å². The first-order chi connectivity index (χ1) is 26.8. The SMILES string of the molecule is FC(Cl)(Cl)C(F)(Cl)OC1(Cl)C(F)(Cl)C1(Cl)Cl.FC(Cl)(Cl)C(F)(Cl)OC1(Cl)C(F)(F)C1(Cl)Cl.FC(Cl)(Cl)C(F)(Cl)OC1(F)C(Cl)(Cl)C1(Cl)Cl.FC(Cl)(Cl)C(F)(Cl)OC1(F)C(F)(Cl)C1(Cl)Cl. The fourth-order valence-corrected chi connectivity index (χ4v) is 8.04. The molecule has 4 fully saturated rings. The number of rotatable bonds is 12. The molecule has 9 unspecified atom stereocenters. The Morgan fingerprint density at radius 1 is 0.266 bits per heavy atom. The molecule has 4 saturated carbocycles. The van der Waals surface area contributed by atoms with Gasteiger partial charge in [0.2, 0.25) is 26.7 Å². The van der Waals surface area contributed by atoms with Gasteiger partial charge in [-0.15, -0.1) is 0 Å². The maximum Gasteiger partial charge on any atom is 0.352 e. The molecule has 4 rings (SSSR count). The van der Waals surface area contributed by atoms with Crippen molar-refractivity contribution < 1.29 is 80.4 Å². The first kappa shape index (κ1) is 68.4. The molecule has 0 heterocycles. The lowest BCUT2D eigenvalue weighted by molar-refractivity contribution is -0.216. The van der Waals surface area contributed by atoms with E-state index in [0.29, 0.717) is 0 Å². The molecule has 4 aliphatic carbocycles. The van der Waals surface area contributed by atoms with Crippen LogP contribution in [0.1, 0.15) is 0 Å². The number of halogens is 40. The molecule has 0 aromatic heterocycles. The molecule has 0 bridgehead atoms. The third-order valence-electron chi connectivity index (χ3n) is 6.95. The molecule has 0 aromatic carbocycles. The van der Waals surface area contributed by atoms with Gasteiger partial charge in [-0.25, -0.2) is 17.6 Å². The van der Waals surface area contributed by atoms with Crippen LogP contribution in [0.5, 0.6) is 0 Å². The minimum absolute atomic E-state index is 2.55. The molecule has 0 amide bonds. The van der Waals surface area contributed by atoms with Gasteiger partial charge in [0.15, 0.2) is 0 Å². The standard InChI is InChI=1S/2C5Cl7F3O.2C5Cl6F4O/c6-1(7)2(8,13)3(1,9)16-5(12,15)4(10,11)14;6-1(7)2(8,9)3(1,13)16-5(12,15)4(10,11)14;6-1(7)2(8,3(1,12)13)16-5(11,15)4(9,10)14;6-1(7)2(8,12)3(1,13)16-5(11,15)4(9,10)14. The number of hydrogen-bond acceptors (Lipinski definition) is 4. The van der Waals surface area contributed by atoms with E-state index < -0.39 is 99.3 Å². The number of ether oxygens (including phenoxy) is 4. The van der Waals surface area contributed by atoms with Gasteiger partial charge in [-0.3, -0.25) is 18.9 Å². The highest BCUT2D eigenvalue weighted by atomic mass is 35.6. The van der Waals surface area contributed by atoms with Gasteiger partial charge in [0, 0.05) is 0 Å². The highest BCUT2D eigenvalue weighted by Crippen LogP contribution is 2.78. The van der Waals surface area contributed by atoms with Crippen molar-refractivity contribution in [2.45, 2.75) is 99.3 Å². The van der Waals surface area contributed by atoms with Gasteiger partial charge in [0.1, 0.15) is 0 Å². The van der Waals surface area contributed by atoms with Crippen molar-refractivity contribution >= 4 is 302 Å². The topological polar surface area (TPSA) is 36.9 Å². The van der Waals surface area contributed by atoms with Crippen LogP contribution in [0, 0.1) is 0 Å². The van der Waals surface area contributed by atoms with Gasteiger partial charge >= 0.3 is 51.4 Å². The summed E-state index contributed by atoms with van der Waals surface area (Å²) in [5, 5.41) is -28.8. The molecule has 0 spiro atoms. The highest BCUT2D eigenvalue weighted by molar-refractivity contribution is 6.70. The third kappa shape index (κ3) is 11.2. The molecule has 0 aliphatic heterocycles. The van der Waals surface area contributed by atoms with E-state index >= 15 is 0 Å². The Morgan fingerprint density at radius 3 is 0.609 bits per heavy atom. The van der Waals surface area contributed by atoms with Gasteiger partial charge < -0.3 is 0 Å². The third-order valence-corrected chi connectivity index (χ3v) is 19.7. The number of hydrogen-bond donors (Lipinski definition) is 0. The van der Waals surface area contributed by atoms with Crippen LogP contribution < -0.4 is 0 Å². The van der Waals surface area contributed by atoms with Crippen molar-refractivity contribution in [1.29, 1.82) is 0 Å². The highest BCUT2D eigenvalue weighted by Gasteiger charge is 2.97. The Bertz CT molecular complexity index is 1440. The normalized spacial score (nSPS) is 37.1. The van der Waals surface area contributed by atoms with Crippen LogP contribution in [0.2, 0.25) is 0 Å². The zero-order chi connectivity index (χ0) is 52.8. The van der Waals surface area contributed by atoms with Crippen LogP contribution in [0.4, 0.5) is 61.5 Å². The maximum atomic E-state index is 13.7. The largest absolute Gasteiger partial charge is 0.352 e. The molecule has 384 valence electrons. The summed E-state index contributed by atoms with van der Waals surface area (Å²) < 4.78 is 170. The fraction of sp³-hybridized carbons (Fsp3) is 1.00. The van der Waals surface area contributed by atoms with Gasteiger partial charge in [-0.1, -0.05) is 255 Å². The van der Waals surface area contributed by atoms with Crippen molar-refractivity contribution in [2.24, 2.45) is 0 Å². The minimum atomic E-state index is -4.14. The Balaban J connectivity index is 0.000000427. The molecule has 9 atom stereocenters. The van der Waals surface area contributed by atoms with E-state index in [1.807, 2.05) is 0 Å². The van der Waals surface area contributed by atoms with Gasteiger partial charge in [-0.05, 0) is 46.4 Å². The smallest absolute Gasteiger partial charge is 0.298 e. The Kier molecular flexibility index (Phi) is 20.4. The molecule has 4 aliphatic rings. The zero-order valence-corrected chi connectivity index (χ0v) is 46.4. The Labute approximate surface area is 475 Å². The van der Waals surface area contributed by atoms with Crippen LogP contribution in [0.3, 0.4) is 0 Å². The summed E-state index contributed by atoms with van der Waals surface area (Å²) in [7, 11) is 0. The summed E-state index contributed by atoms with van der Waals surface area (Å²) >= 11 is 128. The van der Waals surface area contributed by atoms with Gasteiger partial charge in [0.05, 0.1) is 0 Å². The molecule has 0 radical (unpaired) electrons. The summed E-state index contributed by atoms with van der Waals surface area (Å²) in [6.07, 6.45) is 0. The predicted molar refractivity (Wildman–Crippen MR) is 227 cm³/mol. The van der Waals surface area contributed by atoms with Crippen molar-refractivity contribution in [1.82, 2.24) is 0 Å². The maximum absolute atomic E-state index is 13.7. The van der Waals surface area contributed by atoms with E-state index in [9.17, 15) is 61.5 Å². The van der Waals surface area contributed by atoms with E-state index in [-0.39, 0.29) is 0 Å².